The molecule has 0 aromatic rings. The van der Waals surface area contributed by atoms with Crippen molar-refractivity contribution in [3.63, 3.8) is 0 Å². The van der Waals surface area contributed by atoms with Crippen molar-refractivity contribution in [1.82, 2.24) is 5.32 Å². The number of thioether (sulfide) groups is 1. The molecule has 2 atom stereocenters. The van der Waals surface area contributed by atoms with Crippen molar-refractivity contribution in [3.8, 4) is 6.07 Å². The van der Waals surface area contributed by atoms with Crippen molar-refractivity contribution in [3.05, 3.63) is 0 Å². The van der Waals surface area contributed by atoms with Crippen LogP contribution in [0.2, 0.25) is 0 Å². The predicted molar refractivity (Wildman–Crippen MR) is 64.5 cm³/mol. The van der Waals surface area contributed by atoms with Crippen LogP contribution in [0.5, 0.6) is 0 Å². The van der Waals surface area contributed by atoms with Gasteiger partial charge in [-0.3, -0.25) is 0 Å². The van der Waals surface area contributed by atoms with Gasteiger partial charge in [-0.1, -0.05) is 27.2 Å². The summed E-state index contributed by atoms with van der Waals surface area (Å²) in [6, 6.07) is 2.33. The van der Waals surface area contributed by atoms with Gasteiger partial charge in [0.25, 0.3) is 0 Å². The Labute approximate surface area is 92.5 Å². The van der Waals surface area contributed by atoms with E-state index in [1.807, 2.05) is 11.8 Å². The van der Waals surface area contributed by atoms with Crippen LogP contribution < -0.4 is 5.32 Å². The maximum Gasteiger partial charge on any atom is 0.104 e. The second-order valence-corrected chi connectivity index (χ2v) is 4.76. The molecule has 0 amide bonds. The third-order valence-electron chi connectivity index (χ3n) is 2.18. The van der Waals surface area contributed by atoms with Crippen LogP contribution in [0.4, 0.5) is 0 Å². The zero-order chi connectivity index (χ0) is 10.8. The van der Waals surface area contributed by atoms with Crippen LogP contribution in [-0.4, -0.2) is 24.1 Å². The molecule has 0 saturated carbocycles. The first kappa shape index (κ1) is 13.8. The molecule has 0 heterocycles. The maximum atomic E-state index is 8.85. The normalized spacial score (nSPS) is 14.7. The molecule has 14 heavy (non-hydrogen) atoms. The fourth-order valence-electron chi connectivity index (χ4n) is 0.965. The van der Waals surface area contributed by atoms with E-state index < -0.39 is 0 Å². The monoisotopic (exact) mass is 214 g/mol. The molecule has 0 rings (SSSR count). The van der Waals surface area contributed by atoms with E-state index in [0.717, 1.165) is 24.6 Å². The van der Waals surface area contributed by atoms with E-state index >= 15 is 0 Å². The molecule has 0 aromatic heterocycles. The van der Waals surface area contributed by atoms with Gasteiger partial charge in [0.2, 0.25) is 0 Å². The van der Waals surface area contributed by atoms with E-state index in [2.05, 4.69) is 32.2 Å². The topological polar surface area (TPSA) is 35.8 Å². The minimum absolute atomic E-state index is 0.0315. The first-order chi connectivity index (χ1) is 6.74. The molecule has 82 valence electrons. The molecule has 0 bridgehead atoms. The van der Waals surface area contributed by atoms with Crippen LogP contribution in [0.15, 0.2) is 0 Å². The summed E-state index contributed by atoms with van der Waals surface area (Å²) in [6.07, 6.45) is 2.32. The van der Waals surface area contributed by atoms with Gasteiger partial charge in [-0.2, -0.15) is 17.0 Å². The molecule has 0 fully saturated rings. The van der Waals surface area contributed by atoms with E-state index in [0.29, 0.717) is 0 Å². The molecule has 0 spiro atoms. The van der Waals surface area contributed by atoms with Crippen LogP contribution in [0.3, 0.4) is 0 Å². The van der Waals surface area contributed by atoms with Crippen LogP contribution in [0, 0.1) is 17.2 Å². The van der Waals surface area contributed by atoms with Gasteiger partial charge in [0, 0.05) is 5.75 Å². The lowest BCUT2D eigenvalue weighted by Gasteiger charge is -2.12. The van der Waals surface area contributed by atoms with Gasteiger partial charge in [-0.25, -0.2) is 0 Å². The lowest BCUT2D eigenvalue weighted by Crippen LogP contribution is -2.30. The van der Waals surface area contributed by atoms with Crippen molar-refractivity contribution in [2.24, 2.45) is 5.92 Å². The van der Waals surface area contributed by atoms with Crippen molar-refractivity contribution in [2.45, 2.75) is 39.7 Å². The van der Waals surface area contributed by atoms with Crippen molar-refractivity contribution >= 4 is 11.8 Å². The highest BCUT2D eigenvalue weighted by molar-refractivity contribution is 7.99. The average Bonchev–Trinajstić information content (AvgIpc) is 2.22. The zero-order valence-corrected chi connectivity index (χ0v) is 10.4. The lowest BCUT2D eigenvalue weighted by atomic mass is 10.2. The van der Waals surface area contributed by atoms with Gasteiger partial charge in [-0.15, -0.1) is 0 Å². The van der Waals surface area contributed by atoms with Crippen molar-refractivity contribution < 1.29 is 0 Å². The first-order valence-electron chi connectivity index (χ1n) is 5.45. The number of nitrogens with zero attached hydrogens (tertiary/aromatic N) is 1. The second-order valence-electron chi connectivity index (χ2n) is 3.69. The minimum atomic E-state index is 0.0315. The fraction of sp³-hybridized carbons (Fsp3) is 0.909. The van der Waals surface area contributed by atoms with Crippen LogP contribution >= 0.6 is 11.8 Å². The number of nitrogens with one attached hydrogen (secondary N) is 1. The predicted octanol–water partition coefficient (Wildman–Crippen LogP) is 2.66. The Kier molecular flexibility index (Phi) is 9.23. The first-order valence-corrected chi connectivity index (χ1v) is 6.60. The van der Waals surface area contributed by atoms with E-state index in [-0.39, 0.29) is 6.04 Å². The van der Waals surface area contributed by atoms with E-state index in [1.165, 1.54) is 12.2 Å². The largest absolute Gasteiger partial charge is 0.301 e. The number of hydrogen-bond acceptors (Lipinski definition) is 3. The fourth-order valence-corrected chi connectivity index (χ4v) is 2.17. The molecule has 0 aromatic carbocycles. The maximum absolute atomic E-state index is 8.85. The molecule has 0 aliphatic rings. The molecule has 2 unspecified atom stereocenters. The summed E-state index contributed by atoms with van der Waals surface area (Å²) in [4.78, 5) is 0. The smallest absolute Gasteiger partial charge is 0.104 e. The second kappa shape index (κ2) is 9.36. The Morgan fingerprint density at radius 2 is 2.07 bits per heavy atom. The highest BCUT2D eigenvalue weighted by Gasteiger charge is 2.06. The summed E-state index contributed by atoms with van der Waals surface area (Å²) in [6.45, 7) is 7.53. The third-order valence-corrected chi connectivity index (χ3v) is 3.55. The summed E-state index contributed by atoms with van der Waals surface area (Å²) in [7, 11) is 0. The molecular formula is C11H22N2S. The van der Waals surface area contributed by atoms with Gasteiger partial charge in [0.15, 0.2) is 0 Å². The molecule has 0 saturated heterocycles. The molecule has 0 aliphatic carbocycles. The number of hydrogen-bond donors (Lipinski definition) is 1. The molecule has 0 aliphatic heterocycles. The summed E-state index contributed by atoms with van der Waals surface area (Å²) >= 11 is 1.88. The quantitative estimate of drug-likeness (QED) is 0.675. The van der Waals surface area contributed by atoms with Gasteiger partial charge in [0.05, 0.1) is 6.07 Å². The highest BCUT2D eigenvalue weighted by atomic mass is 32.2. The van der Waals surface area contributed by atoms with Crippen LogP contribution in [-0.2, 0) is 0 Å². The Balaban J connectivity index is 3.48. The number of nitriles is 1. The third kappa shape index (κ3) is 7.23. The molecule has 0 radical (unpaired) electrons. The van der Waals surface area contributed by atoms with E-state index in [9.17, 15) is 0 Å². The zero-order valence-electron chi connectivity index (χ0n) is 9.55. The standard InChI is InChI=1S/C11H22N2S/c1-4-6-13-11(7-12)9-14-8-10(3)5-2/h10-11,13H,4-6,8-9H2,1-3H3. The number of rotatable bonds is 8. The van der Waals surface area contributed by atoms with Gasteiger partial charge in [-0.05, 0) is 24.6 Å². The molecule has 1 N–H and O–H groups in total. The SMILES string of the molecule is CCCNC(C#N)CSCC(C)CC. The molecule has 3 heteroatoms. The van der Waals surface area contributed by atoms with Gasteiger partial charge >= 0.3 is 0 Å². The Bertz CT molecular complexity index is 165. The van der Waals surface area contributed by atoms with Crippen LogP contribution in [0.1, 0.15) is 33.6 Å². The summed E-state index contributed by atoms with van der Waals surface area (Å²) in [5.74, 6) is 2.86. The van der Waals surface area contributed by atoms with Crippen molar-refractivity contribution in [1.29, 1.82) is 5.26 Å². The van der Waals surface area contributed by atoms with Gasteiger partial charge < -0.3 is 5.32 Å². The summed E-state index contributed by atoms with van der Waals surface area (Å²) in [5, 5.41) is 12.1. The Hall–Kier alpha value is -0.200. The average molecular weight is 214 g/mol. The lowest BCUT2D eigenvalue weighted by molar-refractivity contribution is 0.626. The Morgan fingerprint density at radius 3 is 2.57 bits per heavy atom. The summed E-state index contributed by atoms with van der Waals surface area (Å²) < 4.78 is 0. The van der Waals surface area contributed by atoms with E-state index in [1.54, 1.807) is 0 Å². The van der Waals surface area contributed by atoms with Crippen LogP contribution in [0.25, 0.3) is 0 Å². The molecular weight excluding hydrogens is 192 g/mol. The van der Waals surface area contributed by atoms with Gasteiger partial charge in [0.1, 0.15) is 6.04 Å². The van der Waals surface area contributed by atoms with E-state index in [4.69, 9.17) is 5.26 Å². The van der Waals surface area contributed by atoms with Crippen molar-refractivity contribution in [2.75, 3.05) is 18.1 Å². The molecule has 2 nitrogen and oxygen atoms in total. The summed E-state index contributed by atoms with van der Waals surface area (Å²) in [5.41, 5.74) is 0. The minimum Gasteiger partial charge on any atom is -0.301 e. The highest BCUT2D eigenvalue weighted by Crippen LogP contribution is 2.11. The Morgan fingerprint density at radius 1 is 1.36 bits per heavy atom.